The van der Waals surface area contributed by atoms with Crippen molar-refractivity contribution in [1.82, 2.24) is 29.5 Å². The summed E-state index contributed by atoms with van der Waals surface area (Å²) in [5, 5.41) is 18.5. The molecule has 0 unspecified atom stereocenters. The van der Waals surface area contributed by atoms with Gasteiger partial charge in [0.15, 0.2) is 11.1 Å². The number of aromatic hydroxyl groups is 1. The van der Waals surface area contributed by atoms with Gasteiger partial charge in [-0.25, -0.2) is 14.8 Å². The summed E-state index contributed by atoms with van der Waals surface area (Å²) in [4.78, 5) is 32.8. The Hall–Kier alpha value is -4.19. The Morgan fingerprint density at radius 1 is 1.29 bits per heavy atom. The summed E-state index contributed by atoms with van der Waals surface area (Å²) >= 11 is 0. The molecule has 4 aromatic heterocycles. The topological polar surface area (TPSA) is 149 Å². The quantitative estimate of drug-likeness (QED) is 0.302. The van der Waals surface area contributed by atoms with Crippen molar-refractivity contribution in [2.75, 3.05) is 36.5 Å². The molecular weight excluding hydrogens is 450 g/mol. The Balaban J connectivity index is 1.37. The van der Waals surface area contributed by atoms with Crippen LogP contribution in [-0.4, -0.2) is 67.0 Å². The summed E-state index contributed by atoms with van der Waals surface area (Å²) in [6, 6.07) is 6.17. The zero-order chi connectivity index (χ0) is 23.8. The van der Waals surface area contributed by atoms with Gasteiger partial charge in [0.1, 0.15) is 17.3 Å². The summed E-state index contributed by atoms with van der Waals surface area (Å²) in [7, 11) is 0. The molecule has 5 heterocycles. The van der Waals surface area contributed by atoms with Crippen LogP contribution in [0.2, 0.25) is 0 Å². The van der Waals surface area contributed by atoms with Gasteiger partial charge in [-0.1, -0.05) is 6.07 Å². The maximum absolute atomic E-state index is 11.5. The number of hydrogen-bond acceptors (Lipinski definition) is 9. The SMILES string of the molecule is O=c1[nH]c(O)c(/C=c2/cnn3c(=NC4CC4)cc(NCc4cccnc4N4CCOCC4)nc23)[nH]1. The molecule has 180 valence electrons. The van der Waals surface area contributed by atoms with Gasteiger partial charge in [-0.2, -0.15) is 9.61 Å². The van der Waals surface area contributed by atoms with E-state index in [9.17, 15) is 9.90 Å². The smallest absolute Gasteiger partial charge is 0.326 e. The lowest BCUT2D eigenvalue weighted by Crippen LogP contribution is -2.37. The van der Waals surface area contributed by atoms with Gasteiger partial charge in [-0.3, -0.25) is 9.98 Å². The van der Waals surface area contributed by atoms with E-state index in [0.717, 1.165) is 37.3 Å². The number of fused-ring (bicyclic) bond motifs is 1. The third-order valence-corrected chi connectivity index (χ3v) is 6.02. The molecule has 4 N–H and O–H groups in total. The van der Waals surface area contributed by atoms with Crippen LogP contribution in [0, 0.1) is 0 Å². The largest absolute Gasteiger partial charge is 0.493 e. The molecular formula is C23H25N9O3. The van der Waals surface area contributed by atoms with Crippen molar-refractivity contribution in [3.8, 4) is 5.88 Å². The molecule has 6 rings (SSSR count). The second-order valence-electron chi connectivity index (χ2n) is 8.62. The van der Waals surface area contributed by atoms with Crippen LogP contribution in [0.5, 0.6) is 5.88 Å². The first-order valence-corrected chi connectivity index (χ1v) is 11.6. The van der Waals surface area contributed by atoms with Gasteiger partial charge in [0.2, 0.25) is 5.88 Å². The molecule has 12 nitrogen and oxygen atoms in total. The molecule has 0 spiro atoms. The second kappa shape index (κ2) is 8.87. The van der Waals surface area contributed by atoms with Crippen LogP contribution in [0.3, 0.4) is 0 Å². The fourth-order valence-corrected chi connectivity index (χ4v) is 4.10. The highest BCUT2D eigenvalue weighted by Gasteiger charge is 2.20. The number of ether oxygens (including phenoxy) is 1. The first kappa shape index (κ1) is 21.4. The molecule has 1 aliphatic heterocycles. The minimum Gasteiger partial charge on any atom is -0.493 e. The van der Waals surface area contributed by atoms with Crippen LogP contribution >= 0.6 is 0 Å². The zero-order valence-electron chi connectivity index (χ0n) is 18.9. The number of aromatic nitrogens is 6. The predicted octanol–water partition coefficient (Wildman–Crippen LogP) is -0.0942. The van der Waals surface area contributed by atoms with E-state index in [-0.39, 0.29) is 11.6 Å². The third kappa shape index (κ3) is 4.47. The van der Waals surface area contributed by atoms with E-state index in [1.165, 1.54) is 0 Å². The van der Waals surface area contributed by atoms with E-state index in [4.69, 9.17) is 14.7 Å². The Morgan fingerprint density at radius 2 is 2.14 bits per heavy atom. The van der Waals surface area contributed by atoms with Gasteiger partial charge in [0.25, 0.3) is 0 Å². The lowest BCUT2D eigenvalue weighted by Gasteiger charge is -2.29. The molecule has 1 saturated heterocycles. The maximum Gasteiger partial charge on any atom is 0.326 e. The van der Waals surface area contributed by atoms with Crippen LogP contribution in [0.15, 0.2) is 40.4 Å². The number of rotatable bonds is 6. The molecule has 0 amide bonds. The molecule has 1 aliphatic carbocycles. The van der Waals surface area contributed by atoms with Gasteiger partial charge in [-0.15, -0.1) is 0 Å². The van der Waals surface area contributed by atoms with Crippen molar-refractivity contribution in [2.24, 2.45) is 4.99 Å². The monoisotopic (exact) mass is 475 g/mol. The fourth-order valence-electron chi connectivity index (χ4n) is 4.10. The average Bonchev–Trinajstić information content (AvgIpc) is 3.51. The minimum absolute atomic E-state index is 0.237. The number of nitrogens with one attached hydrogen (secondary N) is 3. The van der Waals surface area contributed by atoms with Crippen LogP contribution in [0.4, 0.5) is 11.6 Å². The van der Waals surface area contributed by atoms with E-state index >= 15 is 0 Å². The van der Waals surface area contributed by atoms with Crippen LogP contribution in [-0.2, 0) is 11.3 Å². The number of aromatic amines is 2. The van der Waals surface area contributed by atoms with Crippen molar-refractivity contribution in [1.29, 1.82) is 0 Å². The number of anilines is 2. The Labute approximate surface area is 199 Å². The summed E-state index contributed by atoms with van der Waals surface area (Å²) in [5.74, 6) is 1.35. The van der Waals surface area contributed by atoms with Crippen molar-refractivity contribution in [3.63, 3.8) is 0 Å². The molecule has 4 aromatic rings. The third-order valence-electron chi connectivity index (χ3n) is 6.02. The predicted molar refractivity (Wildman–Crippen MR) is 128 cm³/mol. The van der Waals surface area contributed by atoms with Crippen molar-refractivity contribution >= 4 is 23.4 Å². The van der Waals surface area contributed by atoms with Crippen molar-refractivity contribution in [3.05, 3.63) is 63.0 Å². The summed E-state index contributed by atoms with van der Waals surface area (Å²) in [6.45, 7) is 3.53. The molecule has 35 heavy (non-hydrogen) atoms. The minimum atomic E-state index is -0.488. The van der Waals surface area contributed by atoms with E-state index < -0.39 is 5.69 Å². The van der Waals surface area contributed by atoms with Gasteiger partial charge in [0.05, 0.1) is 25.5 Å². The van der Waals surface area contributed by atoms with Crippen LogP contribution in [0.25, 0.3) is 11.7 Å². The van der Waals surface area contributed by atoms with Gasteiger partial charge in [-0.05, 0) is 25.0 Å². The molecule has 0 radical (unpaired) electrons. The molecule has 0 aromatic carbocycles. The second-order valence-corrected chi connectivity index (χ2v) is 8.62. The maximum atomic E-state index is 11.5. The van der Waals surface area contributed by atoms with Crippen molar-refractivity contribution < 1.29 is 9.84 Å². The Bertz CT molecular complexity index is 1540. The van der Waals surface area contributed by atoms with Crippen molar-refractivity contribution in [2.45, 2.75) is 25.4 Å². The Morgan fingerprint density at radius 3 is 2.91 bits per heavy atom. The molecule has 0 atom stereocenters. The average molecular weight is 476 g/mol. The zero-order valence-corrected chi connectivity index (χ0v) is 18.9. The number of pyridine rings is 1. The van der Waals surface area contributed by atoms with E-state index in [1.54, 1.807) is 23.0 Å². The number of H-pyrrole nitrogens is 2. The first-order valence-electron chi connectivity index (χ1n) is 11.6. The van der Waals surface area contributed by atoms with Gasteiger partial charge < -0.3 is 25.0 Å². The highest BCUT2D eigenvalue weighted by Crippen LogP contribution is 2.23. The fraction of sp³-hybridized carbons (Fsp3) is 0.348. The van der Waals surface area contributed by atoms with Gasteiger partial charge >= 0.3 is 5.69 Å². The van der Waals surface area contributed by atoms with Gasteiger partial charge in [0, 0.05) is 42.7 Å². The summed E-state index contributed by atoms with van der Waals surface area (Å²) in [6.07, 6.45) is 7.19. The Kier molecular flexibility index (Phi) is 5.41. The number of hydrogen-bond donors (Lipinski definition) is 4. The molecule has 2 fully saturated rings. The van der Waals surface area contributed by atoms with E-state index in [0.29, 0.717) is 48.0 Å². The van der Waals surface area contributed by atoms with Crippen LogP contribution < -0.4 is 26.6 Å². The normalized spacial score (nSPS) is 17.4. The number of imidazole rings is 1. The van der Waals surface area contributed by atoms with E-state index in [2.05, 4.69) is 36.3 Å². The molecule has 0 bridgehead atoms. The molecule has 2 aliphatic rings. The highest BCUT2D eigenvalue weighted by molar-refractivity contribution is 5.58. The van der Waals surface area contributed by atoms with E-state index in [1.807, 2.05) is 12.1 Å². The number of morpholine rings is 1. The molecule has 1 saturated carbocycles. The first-order chi connectivity index (χ1) is 17.1. The lowest BCUT2D eigenvalue weighted by atomic mass is 10.2. The standard InChI is InChI=1S/C23H25N9O3/c33-22-17(28-23(34)30-22)10-15-13-26-32-19(27-16-3-4-16)11-18(29-21(15)32)25-12-14-2-1-5-24-20(14)31-6-8-35-9-7-31/h1-2,5,10-11,13,16,25,33H,3-4,6-9,12H2,(H2,28,30,34)/b15-10-,27-19?. The summed E-state index contributed by atoms with van der Waals surface area (Å²) < 4.78 is 7.16. The number of nitrogens with zero attached hydrogens (tertiary/aromatic N) is 6. The molecule has 12 heteroatoms. The van der Waals surface area contributed by atoms with Crippen LogP contribution in [0.1, 0.15) is 24.1 Å². The summed E-state index contributed by atoms with van der Waals surface area (Å²) in [5.41, 5.74) is 2.10. The lowest BCUT2D eigenvalue weighted by molar-refractivity contribution is 0.122. The highest BCUT2D eigenvalue weighted by atomic mass is 16.5.